The van der Waals surface area contributed by atoms with Crippen molar-refractivity contribution in [1.29, 1.82) is 0 Å². The number of ether oxygens (including phenoxy) is 1. The molecule has 0 aliphatic carbocycles. The summed E-state index contributed by atoms with van der Waals surface area (Å²) in [6, 6.07) is 1.48. The summed E-state index contributed by atoms with van der Waals surface area (Å²) in [5.41, 5.74) is 19.8. The minimum Gasteiger partial charge on any atom is -0.480 e. The number of rotatable bonds is 8. The Kier molecular flexibility index (Phi) is 32.6. The molecule has 10 aliphatic rings. The molecule has 127 heavy (non-hydrogen) atoms. The van der Waals surface area contributed by atoms with Crippen LogP contribution >= 0.6 is 0 Å². The van der Waals surface area contributed by atoms with E-state index in [9.17, 15) is 19.5 Å². The molecule has 2 amide bonds. The number of aliphatic imine (C=N–C) groups is 5. The summed E-state index contributed by atoms with van der Waals surface area (Å²) >= 11 is 0. The van der Waals surface area contributed by atoms with Crippen LogP contribution < -0.4 is 21.7 Å². The van der Waals surface area contributed by atoms with Crippen LogP contribution in [-0.2, 0) is 14.3 Å². The molecular formula is C106H191N15O6. The third kappa shape index (κ3) is 26.9. The number of fused-ring (bicyclic) bond motifs is 5. The SMILES string of the molecule is CC(C)(C)C1=NC(C(C)(C)C)C(C(C)(C)C)=C2CC(N)CN12.CC(C)(C)C1=NC(C(C)(C)C)C(C(C)(C)C)=C2CC(NCC(=O)O)CN12.CC(C)(C)C1=NC(C(C)(C)C)C(C(C)(C)C)=C2CC(NCCO)CN12.CC(C)(C)OC(=O)NC1CC2=C(C(C)(C)C)C(C(C)(C)C)N=C(C(C)(C)C)N2C1=O.CN(C)C1CC2=C(C(C)(C)C)C(C(C)(C)C)N=C(C(C)(C)C)N2C1. The maximum atomic E-state index is 13.5. The Morgan fingerprint density at radius 1 is 0.378 bits per heavy atom. The van der Waals surface area contributed by atoms with E-state index >= 15 is 0 Å². The van der Waals surface area contributed by atoms with Crippen molar-refractivity contribution >= 4 is 47.1 Å². The van der Waals surface area contributed by atoms with Gasteiger partial charge in [-0.25, -0.2) is 4.79 Å². The predicted octanol–water partition coefficient (Wildman–Crippen LogP) is 22.0. The van der Waals surface area contributed by atoms with Gasteiger partial charge in [0.25, 0.3) is 5.91 Å². The molecule has 0 radical (unpaired) electrons. The Bertz CT molecular complexity index is 4280. The molecule has 0 saturated carbocycles. The first-order chi connectivity index (χ1) is 56.5. The lowest BCUT2D eigenvalue weighted by Crippen LogP contribution is -2.50. The van der Waals surface area contributed by atoms with E-state index in [1.807, 2.05) is 20.8 Å². The fraction of sp³-hybridized carbons (Fsp3) is 0.830. The van der Waals surface area contributed by atoms with Crippen LogP contribution in [-0.4, -0.2) is 213 Å². The maximum absolute atomic E-state index is 13.5. The number of nitrogens with two attached hydrogens (primary N) is 1. The van der Waals surface area contributed by atoms with E-state index in [-0.39, 0.29) is 143 Å². The first-order valence-corrected chi connectivity index (χ1v) is 48.2. The average molecular weight is 1770 g/mol. The van der Waals surface area contributed by atoms with E-state index in [1.165, 1.54) is 56.9 Å². The number of nitrogens with zero attached hydrogens (tertiary/aromatic N) is 11. The van der Waals surface area contributed by atoms with Crippen LogP contribution in [0.2, 0.25) is 0 Å². The number of hydrogen-bond donors (Lipinski definition) is 6. The number of carbonyl (C=O) groups excluding carboxylic acids is 2. The van der Waals surface area contributed by atoms with E-state index in [0.29, 0.717) is 25.0 Å². The summed E-state index contributed by atoms with van der Waals surface area (Å²) in [5, 5.41) is 27.7. The van der Waals surface area contributed by atoms with E-state index in [2.05, 4.69) is 366 Å². The van der Waals surface area contributed by atoms with Crippen LogP contribution in [0.15, 0.2) is 81.3 Å². The van der Waals surface area contributed by atoms with Crippen molar-refractivity contribution in [2.45, 2.75) is 430 Å². The highest BCUT2D eigenvalue weighted by atomic mass is 16.6. The van der Waals surface area contributed by atoms with Crippen molar-refractivity contribution in [3.8, 4) is 0 Å². The van der Waals surface area contributed by atoms with Crippen LogP contribution in [0.4, 0.5) is 4.79 Å². The average Bonchev–Trinajstić information content (AvgIpc) is 1.58. The Balaban J connectivity index is 0.000000246. The Morgan fingerprint density at radius 3 is 0.929 bits per heavy atom. The van der Waals surface area contributed by atoms with Gasteiger partial charge in [0.2, 0.25) is 0 Å². The number of carboxylic acids is 1. The zero-order chi connectivity index (χ0) is 98.5. The third-order valence-corrected chi connectivity index (χ3v) is 25.3. The minimum absolute atomic E-state index is 0.00132. The number of aliphatic carboxylic acids is 1. The van der Waals surface area contributed by atoms with E-state index < -0.39 is 23.7 Å². The van der Waals surface area contributed by atoms with Gasteiger partial charge in [-0.05, 0) is 117 Å². The number of carboxylic acid groups (broad SMARTS) is 1. The molecule has 5 saturated heterocycles. The lowest BCUT2D eigenvalue weighted by molar-refractivity contribution is -0.136. The lowest BCUT2D eigenvalue weighted by Gasteiger charge is -2.45. The van der Waals surface area contributed by atoms with Crippen molar-refractivity contribution in [2.75, 3.05) is 60.0 Å². The number of carbonyl (C=O) groups is 3. The molecule has 21 heteroatoms. The van der Waals surface area contributed by atoms with Gasteiger partial charge in [-0.1, -0.05) is 312 Å². The lowest BCUT2D eigenvalue weighted by atomic mass is 9.70. The predicted molar refractivity (Wildman–Crippen MR) is 537 cm³/mol. The fourth-order valence-corrected chi connectivity index (χ4v) is 20.0. The standard InChI is InChI=1S/C24H41N3O3.C21H37N3O2.C21H39N3O.C21H39N3.C19H35N3/c1-21(2,3)16-15-13-14(25-20(29)30-24(10,11)12)18(28)27(15)19(23(7,8)9)26-17(16)22(4,5)6;1-19(2,3)16-14-10-13(22-11-15(25)26)12-24(14)18(21(7,8)9)23-17(16)20(4,5)6;1-19(2,3)16-15-12-14(22-10-11-25)13-24(15)18(21(7,8)9)23-17(16)20(4,5)6;1-19(2,3)16-15-12-14(23(10)11)13-24(15)18(21(7,8)9)22-17(16)20(4,5)6;1-17(2,3)14-13-10-12(20)11-22(13)16(19(7,8)9)21-15(14)18(4,5)6/h14,17H,13H2,1-12H3,(H,25,29);13,17,22H,10-12H2,1-9H3,(H,25,26);14,17,22,25H,10-13H2,1-9H3;14,17H,12-13H2,1-11H3;12,15H,10-11,20H2,1-9H3. The van der Waals surface area contributed by atoms with Crippen molar-refractivity contribution < 1.29 is 29.3 Å². The zero-order valence-electron chi connectivity index (χ0n) is 90.8. The molecule has 10 unspecified atom stereocenters. The van der Waals surface area contributed by atoms with Gasteiger partial charge in [-0.2, -0.15) is 0 Å². The Morgan fingerprint density at radius 2 is 0.654 bits per heavy atom. The molecular weight excluding hydrogens is 1580 g/mol. The molecule has 0 spiro atoms. The number of nitrogens with one attached hydrogen (secondary N) is 3. The van der Waals surface area contributed by atoms with E-state index in [1.54, 1.807) is 16.2 Å². The van der Waals surface area contributed by atoms with Crippen molar-refractivity contribution in [1.82, 2.24) is 45.3 Å². The number of amidine groups is 5. The highest BCUT2D eigenvalue weighted by molar-refractivity contribution is 6.08. The van der Waals surface area contributed by atoms with Crippen LogP contribution in [0, 0.1) is 81.2 Å². The Hall–Kier alpha value is -5.74. The molecule has 21 nitrogen and oxygen atoms in total. The molecule has 5 fully saturated rings. The summed E-state index contributed by atoms with van der Waals surface area (Å²) in [4.78, 5) is 77.2. The normalized spacial score (nSPS) is 25.2. The fourth-order valence-electron chi connectivity index (χ4n) is 20.0. The first-order valence-electron chi connectivity index (χ1n) is 48.2. The van der Waals surface area contributed by atoms with Crippen LogP contribution in [0.25, 0.3) is 0 Å². The summed E-state index contributed by atoms with van der Waals surface area (Å²) in [5.74, 6) is 4.64. The van der Waals surface area contributed by atoms with Crippen molar-refractivity contribution in [2.24, 2.45) is 112 Å². The van der Waals surface area contributed by atoms with Crippen LogP contribution in [0.1, 0.15) is 364 Å². The molecule has 10 heterocycles. The zero-order valence-corrected chi connectivity index (χ0v) is 90.8. The largest absolute Gasteiger partial charge is 0.480 e. The third-order valence-electron chi connectivity index (χ3n) is 25.3. The highest BCUT2D eigenvalue weighted by Crippen LogP contribution is 2.55. The number of likely N-dealkylation sites (N-methyl/N-ethyl adjacent to an activating group) is 1. The van der Waals surface area contributed by atoms with Crippen LogP contribution in [0.5, 0.6) is 0 Å². The number of amides is 2. The molecule has 0 aromatic heterocycles. The number of aliphatic hydroxyl groups is 1. The van der Waals surface area contributed by atoms with Gasteiger partial charge in [0.1, 0.15) is 40.8 Å². The van der Waals surface area contributed by atoms with Crippen molar-refractivity contribution in [3.63, 3.8) is 0 Å². The number of aliphatic hydroxyl groups excluding tert-OH is 1. The number of hydrogen-bond acceptors (Lipinski definition) is 18. The smallest absolute Gasteiger partial charge is 0.408 e. The van der Waals surface area contributed by atoms with Crippen LogP contribution in [0.3, 0.4) is 0 Å². The van der Waals surface area contributed by atoms with Crippen molar-refractivity contribution in [3.05, 3.63) is 56.4 Å². The van der Waals surface area contributed by atoms with E-state index in [0.717, 1.165) is 69.2 Å². The van der Waals surface area contributed by atoms with Gasteiger partial charge in [0.15, 0.2) is 0 Å². The quantitative estimate of drug-likeness (QED) is 0.132. The van der Waals surface area contributed by atoms with Gasteiger partial charge >= 0.3 is 12.1 Å². The van der Waals surface area contributed by atoms with Gasteiger partial charge in [0.05, 0.1) is 43.4 Å². The topological polar surface area (TPSA) is 244 Å². The summed E-state index contributed by atoms with van der Waals surface area (Å²) < 4.78 is 5.40. The summed E-state index contributed by atoms with van der Waals surface area (Å²) in [6.45, 7) is 112. The monoisotopic (exact) mass is 1770 g/mol. The first kappa shape index (κ1) is 110. The Labute approximate surface area is 776 Å². The van der Waals surface area contributed by atoms with Gasteiger partial charge in [-0.3, -0.25) is 39.5 Å². The van der Waals surface area contributed by atoms with Gasteiger partial charge < -0.3 is 61.1 Å². The molecule has 0 aromatic rings. The molecule has 10 atom stereocenters. The molecule has 7 N–H and O–H groups in total. The molecule has 10 rings (SSSR count). The molecule has 0 aromatic carbocycles. The second-order valence-corrected chi connectivity index (χ2v) is 55.5. The molecule has 0 bridgehead atoms. The van der Waals surface area contributed by atoms with Gasteiger partial charge in [-0.15, -0.1) is 0 Å². The second-order valence-electron chi connectivity index (χ2n) is 55.5. The van der Waals surface area contributed by atoms with Gasteiger partial charge in [0, 0.05) is 145 Å². The minimum atomic E-state index is -0.808. The summed E-state index contributed by atoms with van der Waals surface area (Å²) in [6.07, 6.45) is 3.89. The molecule has 726 valence electrons. The van der Waals surface area contributed by atoms with E-state index in [4.69, 9.17) is 40.5 Å². The molecule has 10 aliphatic heterocycles. The highest BCUT2D eigenvalue weighted by Gasteiger charge is 2.55. The number of alkyl carbamates (subject to hydrolysis) is 1. The maximum Gasteiger partial charge on any atom is 0.408 e. The second kappa shape index (κ2) is 37.6. The summed E-state index contributed by atoms with van der Waals surface area (Å²) in [7, 11) is 4.41.